The number of nitrogens with one attached hydrogen (secondary N) is 2. The standard InChI is InChI=1S/C23H29N3O4/c1-16-3-5-19(21(9-16)28-14-18-7-8-27-13-18)12-26-23(24-2)25-11-17-4-6-20-22(10-17)30-15-29-20/h3-6,9-10,18H,7-8,11-15H2,1-2H3,(H2,24,25,26). The summed E-state index contributed by atoms with van der Waals surface area (Å²) in [7, 11) is 1.77. The Morgan fingerprint density at radius 1 is 1.10 bits per heavy atom. The number of aliphatic imine (C=N–C) groups is 1. The highest BCUT2D eigenvalue weighted by molar-refractivity contribution is 5.79. The number of aryl methyl sites for hydroxylation is 1. The first-order valence-electron chi connectivity index (χ1n) is 10.3. The number of ether oxygens (including phenoxy) is 4. The van der Waals surface area contributed by atoms with Crippen molar-refractivity contribution in [1.82, 2.24) is 10.6 Å². The molecular formula is C23H29N3O4. The topological polar surface area (TPSA) is 73.3 Å². The molecular weight excluding hydrogens is 382 g/mol. The summed E-state index contributed by atoms with van der Waals surface area (Å²) in [5.41, 5.74) is 3.38. The van der Waals surface area contributed by atoms with Gasteiger partial charge in [0.1, 0.15) is 5.75 Å². The quantitative estimate of drug-likeness (QED) is 0.539. The van der Waals surface area contributed by atoms with Gasteiger partial charge in [0.25, 0.3) is 0 Å². The zero-order valence-electron chi connectivity index (χ0n) is 17.6. The van der Waals surface area contributed by atoms with E-state index in [0.717, 1.165) is 54.0 Å². The molecule has 0 radical (unpaired) electrons. The van der Waals surface area contributed by atoms with E-state index in [2.05, 4.69) is 40.7 Å². The normalized spacial score (nSPS) is 17.8. The minimum Gasteiger partial charge on any atom is -0.493 e. The molecule has 0 aliphatic carbocycles. The second kappa shape index (κ2) is 9.71. The van der Waals surface area contributed by atoms with Crippen LogP contribution in [0.5, 0.6) is 17.2 Å². The lowest BCUT2D eigenvalue weighted by Crippen LogP contribution is -2.36. The molecule has 1 atom stereocenters. The first kappa shape index (κ1) is 20.3. The van der Waals surface area contributed by atoms with Gasteiger partial charge in [-0.05, 0) is 42.7 Å². The average Bonchev–Trinajstić information content (AvgIpc) is 3.45. The molecule has 1 saturated heterocycles. The third-order valence-corrected chi connectivity index (χ3v) is 5.29. The maximum Gasteiger partial charge on any atom is 0.231 e. The van der Waals surface area contributed by atoms with Gasteiger partial charge < -0.3 is 29.6 Å². The van der Waals surface area contributed by atoms with Crippen molar-refractivity contribution in [2.75, 3.05) is 33.7 Å². The van der Waals surface area contributed by atoms with E-state index in [1.807, 2.05) is 18.2 Å². The number of hydrogen-bond donors (Lipinski definition) is 2. The molecule has 160 valence electrons. The summed E-state index contributed by atoms with van der Waals surface area (Å²) in [4.78, 5) is 4.33. The van der Waals surface area contributed by atoms with E-state index in [-0.39, 0.29) is 6.79 Å². The van der Waals surface area contributed by atoms with Gasteiger partial charge in [-0.15, -0.1) is 0 Å². The Balaban J connectivity index is 1.32. The molecule has 2 aromatic carbocycles. The molecule has 30 heavy (non-hydrogen) atoms. The molecule has 7 nitrogen and oxygen atoms in total. The first-order chi connectivity index (χ1) is 14.7. The smallest absolute Gasteiger partial charge is 0.231 e. The Morgan fingerprint density at radius 3 is 2.80 bits per heavy atom. The van der Waals surface area contributed by atoms with Crippen molar-refractivity contribution in [2.45, 2.75) is 26.4 Å². The molecule has 4 rings (SSSR count). The average molecular weight is 412 g/mol. The monoisotopic (exact) mass is 411 g/mol. The van der Waals surface area contributed by atoms with Gasteiger partial charge in [-0.25, -0.2) is 0 Å². The van der Waals surface area contributed by atoms with Crippen molar-refractivity contribution < 1.29 is 18.9 Å². The fourth-order valence-corrected chi connectivity index (χ4v) is 3.50. The molecule has 1 fully saturated rings. The van der Waals surface area contributed by atoms with E-state index in [0.29, 0.717) is 25.6 Å². The summed E-state index contributed by atoms with van der Waals surface area (Å²) in [6.07, 6.45) is 1.07. The predicted molar refractivity (Wildman–Crippen MR) is 115 cm³/mol. The Morgan fingerprint density at radius 2 is 1.97 bits per heavy atom. The molecule has 0 amide bonds. The minimum atomic E-state index is 0.282. The highest BCUT2D eigenvalue weighted by Gasteiger charge is 2.17. The predicted octanol–water partition coefficient (Wildman–Crippen LogP) is 3.00. The number of benzene rings is 2. The van der Waals surface area contributed by atoms with Crippen molar-refractivity contribution in [3.8, 4) is 17.2 Å². The van der Waals surface area contributed by atoms with Gasteiger partial charge in [0.05, 0.1) is 13.2 Å². The van der Waals surface area contributed by atoms with Gasteiger partial charge in [0, 0.05) is 38.2 Å². The molecule has 0 saturated carbocycles. The van der Waals surface area contributed by atoms with E-state index in [4.69, 9.17) is 18.9 Å². The maximum atomic E-state index is 6.13. The third kappa shape index (κ3) is 5.16. The lowest BCUT2D eigenvalue weighted by molar-refractivity contribution is 0.166. The molecule has 0 spiro atoms. The van der Waals surface area contributed by atoms with Gasteiger partial charge in [0.15, 0.2) is 17.5 Å². The van der Waals surface area contributed by atoms with Crippen LogP contribution in [0.2, 0.25) is 0 Å². The Bertz CT molecular complexity index is 894. The van der Waals surface area contributed by atoms with Crippen molar-refractivity contribution in [3.05, 3.63) is 53.1 Å². The van der Waals surface area contributed by atoms with E-state index in [9.17, 15) is 0 Å². The Hall–Kier alpha value is -2.93. The zero-order chi connectivity index (χ0) is 20.8. The highest BCUT2D eigenvalue weighted by atomic mass is 16.7. The van der Waals surface area contributed by atoms with Gasteiger partial charge >= 0.3 is 0 Å². The number of rotatable bonds is 7. The van der Waals surface area contributed by atoms with Crippen LogP contribution >= 0.6 is 0 Å². The van der Waals surface area contributed by atoms with Gasteiger partial charge in [0.2, 0.25) is 6.79 Å². The van der Waals surface area contributed by atoms with Crippen molar-refractivity contribution in [2.24, 2.45) is 10.9 Å². The fourth-order valence-electron chi connectivity index (χ4n) is 3.50. The number of hydrogen-bond acceptors (Lipinski definition) is 5. The summed E-state index contributed by atoms with van der Waals surface area (Å²) >= 11 is 0. The SMILES string of the molecule is CN=C(NCc1ccc2c(c1)OCO2)NCc1ccc(C)cc1OCC1CCOC1. The Labute approximate surface area is 177 Å². The van der Waals surface area contributed by atoms with Gasteiger partial charge in [-0.2, -0.15) is 0 Å². The van der Waals surface area contributed by atoms with Crippen LogP contribution in [0, 0.1) is 12.8 Å². The van der Waals surface area contributed by atoms with Crippen LogP contribution in [0.15, 0.2) is 41.4 Å². The molecule has 2 heterocycles. The summed E-state index contributed by atoms with van der Waals surface area (Å²) in [5, 5.41) is 6.71. The van der Waals surface area contributed by atoms with Crippen LogP contribution in [-0.2, 0) is 17.8 Å². The van der Waals surface area contributed by atoms with Crippen molar-refractivity contribution in [3.63, 3.8) is 0 Å². The second-order valence-electron chi connectivity index (χ2n) is 7.62. The van der Waals surface area contributed by atoms with Crippen LogP contribution in [0.1, 0.15) is 23.1 Å². The maximum absolute atomic E-state index is 6.13. The van der Waals surface area contributed by atoms with E-state index >= 15 is 0 Å². The van der Waals surface area contributed by atoms with Crippen LogP contribution in [0.3, 0.4) is 0 Å². The molecule has 2 aliphatic rings. The Kier molecular flexibility index (Phi) is 6.59. The lowest BCUT2D eigenvalue weighted by atomic mass is 10.1. The molecule has 2 aliphatic heterocycles. The second-order valence-corrected chi connectivity index (χ2v) is 7.62. The third-order valence-electron chi connectivity index (χ3n) is 5.29. The fraction of sp³-hybridized carbons (Fsp3) is 0.435. The molecule has 0 aromatic heterocycles. The summed E-state index contributed by atoms with van der Waals surface area (Å²) in [6.45, 7) is 5.93. The molecule has 2 aromatic rings. The first-order valence-corrected chi connectivity index (χ1v) is 10.3. The minimum absolute atomic E-state index is 0.282. The number of guanidine groups is 1. The number of nitrogens with zero attached hydrogens (tertiary/aromatic N) is 1. The molecule has 1 unspecified atom stereocenters. The molecule has 7 heteroatoms. The summed E-state index contributed by atoms with van der Waals surface area (Å²) in [6, 6.07) is 12.2. The van der Waals surface area contributed by atoms with Crippen LogP contribution in [0.4, 0.5) is 0 Å². The molecule has 2 N–H and O–H groups in total. The van der Waals surface area contributed by atoms with E-state index in [1.165, 1.54) is 5.56 Å². The largest absolute Gasteiger partial charge is 0.493 e. The van der Waals surface area contributed by atoms with Crippen molar-refractivity contribution in [1.29, 1.82) is 0 Å². The van der Waals surface area contributed by atoms with E-state index < -0.39 is 0 Å². The van der Waals surface area contributed by atoms with Gasteiger partial charge in [-0.3, -0.25) is 4.99 Å². The summed E-state index contributed by atoms with van der Waals surface area (Å²) in [5.74, 6) is 3.69. The van der Waals surface area contributed by atoms with Crippen molar-refractivity contribution >= 4 is 5.96 Å². The number of fused-ring (bicyclic) bond motifs is 1. The van der Waals surface area contributed by atoms with Crippen LogP contribution in [-0.4, -0.2) is 39.6 Å². The zero-order valence-corrected chi connectivity index (χ0v) is 17.6. The highest BCUT2D eigenvalue weighted by Crippen LogP contribution is 2.32. The molecule has 0 bridgehead atoms. The lowest BCUT2D eigenvalue weighted by Gasteiger charge is -2.17. The van der Waals surface area contributed by atoms with Gasteiger partial charge in [-0.1, -0.05) is 18.2 Å². The van der Waals surface area contributed by atoms with Crippen LogP contribution in [0.25, 0.3) is 0 Å². The van der Waals surface area contributed by atoms with E-state index in [1.54, 1.807) is 7.05 Å². The van der Waals surface area contributed by atoms with Crippen LogP contribution < -0.4 is 24.8 Å². The summed E-state index contributed by atoms with van der Waals surface area (Å²) < 4.78 is 22.4.